The average molecular weight is 353 g/mol. The Bertz CT molecular complexity index is 1080. The van der Waals surface area contributed by atoms with E-state index in [9.17, 15) is 4.79 Å². The summed E-state index contributed by atoms with van der Waals surface area (Å²) in [6.45, 7) is 1.82. The average Bonchev–Trinajstić information content (AvgIpc) is 2.96. The van der Waals surface area contributed by atoms with Crippen molar-refractivity contribution in [2.24, 2.45) is 0 Å². The van der Waals surface area contributed by atoms with Crippen molar-refractivity contribution in [1.82, 2.24) is 14.2 Å². The summed E-state index contributed by atoms with van der Waals surface area (Å²) in [5.74, 6) is 0. The Hall–Kier alpha value is -3.05. The van der Waals surface area contributed by atoms with Crippen LogP contribution >= 0.6 is 12.4 Å². The summed E-state index contributed by atoms with van der Waals surface area (Å²) in [6.07, 6.45) is 0. The fourth-order valence-electron chi connectivity index (χ4n) is 2.88. The number of aromatic nitrogens is 3. The third-order valence-corrected chi connectivity index (χ3v) is 3.95. The maximum absolute atomic E-state index is 12.6. The van der Waals surface area contributed by atoms with Crippen molar-refractivity contribution in [2.75, 3.05) is 5.73 Å². The summed E-state index contributed by atoms with van der Waals surface area (Å²) in [4.78, 5) is 17.1. The van der Waals surface area contributed by atoms with Crippen molar-refractivity contribution in [2.45, 2.75) is 6.92 Å². The first kappa shape index (κ1) is 16.8. The Kier molecular flexibility index (Phi) is 4.33. The number of benzene rings is 2. The molecule has 2 aromatic carbocycles. The second kappa shape index (κ2) is 6.45. The van der Waals surface area contributed by atoms with E-state index in [1.54, 1.807) is 4.52 Å². The smallest absolute Gasteiger partial charge is 0.273 e. The van der Waals surface area contributed by atoms with Crippen LogP contribution in [0, 0.1) is 6.92 Å². The SMILES string of the molecule is Cc1cc(=O)n2c(cc(-c3ccccc3)n2-c2ccc(N)cc2)n1.Cl. The normalized spacial score (nSPS) is 10.6. The van der Waals surface area contributed by atoms with Gasteiger partial charge in [-0.3, -0.25) is 4.79 Å². The summed E-state index contributed by atoms with van der Waals surface area (Å²) in [5.41, 5.74) is 10.5. The lowest BCUT2D eigenvalue weighted by Crippen LogP contribution is -2.20. The van der Waals surface area contributed by atoms with Gasteiger partial charge in [0.15, 0.2) is 5.65 Å². The number of nitrogens with zero attached hydrogens (tertiary/aromatic N) is 3. The fourth-order valence-corrected chi connectivity index (χ4v) is 2.88. The molecule has 0 atom stereocenters. The van der Waals surface area contributed by atoms with Crippen LogP contribution in [0.2, 0.25) is 0 Å². The molecule has 0 saturated carbocycles. The van der Waals surface area contributed by atoms with E-state index in [1.165, 1.54) is 6.07 Å². The van der Waals surface area contributed by atoms with Crippen LogP contribution in [0.5, 0.6) is 0 Å². The zero-order chi connectivity index (χ0) is 16.7. The molecule has 0 radical (unpaired) electrons. The predicted octanol–water partition coefficient (Wildman–Crippen LogP) is 3.46. The molecule has 2 N–H and O–H groups in total. The number of nitrogens with two attached hydrogens (primary N) is 1. The van der Waals surface area contributed by atoms with Crippen LogP contribution in [0.1, 0.15) is 5.69 Å². The number of fused-ring (bicyclic) bond motifs is 1. The first-order valence-corrected chi connectivity index (χ1v) is 7.67. The monoisotopic (exact) mass is 352 g/mol. The van der Waals surface area contributed by atoms with Gasteiger partial charge in [-0.05, 0) is 31.2 Å². The summed E-state index contributed by atoms with van der Waals surface area (Å²) >= 11 is 0. The molecule has 126 valence electrons. The number of hydrogen-bond donors (Lipinski definition) is 1. The Morgan fingerprint density at radius 1 is 0.960 bits per heavy atom. The molecule has 2 aromatic heterocycles. The molecular formula is C19H17ClN4O. The molecule has 6 heteroatoms. The van der Waals surface area contributed by atoms with E-state index in [0.29, 0.717) is 17.0 Å². The first-order chi connectivity index (χ1) is 11.6. The van der Waals surface area contributed by atoms with E-state index in [4.69, 9.17) is 5.73 Å². The van der Waals surface area contributed by atoms with E-state index in [-0.39, 0.29) is 18.0 Å². The van der Waals surface area contributed by atoms with Crippen molar-refractivity contribution < 1.29 is 0 Å². The van der Waals surface area contributed by atoms with Crippen molar-refractivity contribution in [3.63, 3.8) is 0 Å². The van der Waals surface area contributed by atoms with Gasteiger partial charge in [-0.2, -0.15) is 4.52 Å². The molecule has 2 heterocycles. The van der Waals surface area contributed by atoms with Crippen LogP contribution in [0.3, 0.4) is 0 Å². The van der Waals surface area contributed by atoms with Crippen LogP contribution in [0.25, 0.3) is 22.6 Å². The van der Waals surface area contributed by atoms with Gasteiger partial charge < -0.3 is 5.73 Å². The minimum atomic E-state index is -0.114. The second-order valence-corrected chi connectivity index (χ2v) is 5.70. The Balaban J connectivity index is 0.00000182. The van der Waals surface area contributed by atoms with Gasteiger partial charge in [-0.25, -0.2) is 9.67 Å². The van der Waals surface area contributed by atoms with E-state index in [1.807, 2.05) is 72.3 Å². The van der Waals surface area contributed by atoms with Gasteiger partial charge in [0.25, 0.3) is 5.56 Å². The van der Waals surface area contributed by atoms with Crippen LogP contribution in [-0.2, 0) is 0 Å². The Morgan fingerprint density at radius 2 is 1.64 bits per heavy atom. The Morgan fingerprint density at radius 3 is 2.32 bits per heavy atom. The molecule has 25 heavy (non-hydrogen) atoms. The molecule has 0 aliphatic rings. The number of halogens is 1. The molecule has 0 aliphatic carbocycles. The fraction of sp³-hybridized carbons (Fsp3) is 0.0526. The minimum Gasteiger partial charge on any atom is -0.399 e. The highest BCUT2D eigenvalue weighted by Crippen LogP contribution is 2.25. The first-order valence-electron chi connectivity index (χ1n) is 7.67. The molecule has 0 amide bonds. The lowest BCUT2D eigenvalue weighted by Gasteiger charge is -2.11. The summed E-state index contributed by atoms with van der Waals surface area (Å²) in [5, 5.41) is 0. The van der Waals surface area contributed by atoms with Crippen molar-refractivity contribution in [3.05, 3.63) is 82.8 Å². The summed E-state index contributed by atoms with van der Waals surface area (Å²) in [7, 11) is 0. The van der Waals surface area contributed by atoms with E-state index >= 15 is 0 Å². The highest BCUT2D eigenvalue weighted by atomic mass is 35.5. The van der Waals surface area contributed by atoms with Gasteiger partial charge >= 0.3 is 0 Å². The number of rotatable bonds is 2. The highest BCUT2D eigenvalue weighted by Gasteiger charge is 2.14. The molecule has 0 saturated heterocycles. The van der Waals surface area contributed by atoms with Crippen LogP contribution in [0.4, 0.5) is 5.69 Å². The molecule has 0 spiro atoms. The largest absolute Gasteiger partial charge is 0.399 e. The molecule has 4 rings (SSSR count). The zero-order valence-corrected chi connectivity index (χ0v) is 14.4. The van der Waals surface area contributed by atoms with Crippen molar-refractivity contribution in [3.8, 4) is 16.9 Å². The second-order valence-electron chi connectivity index (χ2n) is 5.70. The molecule has 0 unspecified atom stereocenters. The Labute approximate surface area is 150 Å². The standard InChI is InChI=1S/C19H16N4O.ClH/c1-13-11-19(24)23-18(21-13)12-17(14-5-3-2-4-6-14)22(23)16-9-7-15(20)8-10-16;/h2-12H,20H2,1H3;1H. The molecular weight excluding hydrogens is 336 g/mol. The van der Waals surface area contributed by atoms with Crippen molar-refractivity contribution in [1.29, 1.82) is 0 Å². The summed E-state index contributed by atoms with van der Waals surface area (Å²) < 4.78 is 3.46. The van der Waals surface area contributed by atoms with E-state index in [0.717, 1.165) is 16.9 Å². The number of nitrogen functional groups attached to an aromatic ring is 1. The predicted molar refractivity (Wildman–Crippen MR) is 103 cm³/mol. The molecule has 5 nitrogen and oxygen atoms in total. The topological polar surface area (TPSA) is 65.3 Å². The molecule has 0 aliphatic heterocycles. The quantitative estimate of drug-likeness (QED) is 0.562. The maximum atomic E-state index is 12.6. The van der Waals surface area contributed by atoms with Crippen molar-refractivity contribution >= 4 is 23.7 Å². The van der Waals surface area contributed by atoms with Crippen LogP contribution in [-0.4, -0.2) is 14.2 Å². The van der Waals surface area contributed by atoms with Gasteiger partial charge in [0.1, 0.15) is 0 Å². The highest BCUT2D eigenvalue weighted by molar-refractivity contribution is 5.85. The van der Waals surface area contributed by atoms with Gasteiger partial charge in [-0.1, -0.05) is 30.3 Å². The van der Waals surface area contributed by atoms with Gasteiger partial charge in [0.2, 0.25) is 0 Å². The van der Waals surface area contributed by atoms with E-state index < -0.39 is 0 Å². The number of anilines is 1. The molecule has 4 aromatic rings. The lowest BCUT2D eigenvalue weighted by atomic mass is 10.1. The number of hydrogen-bond acceptors (Lipinski definition) is 3. The maximum Gasteiger partial charge on any atom is 0.273 e. The van der Waals surface area contributed by atoms with Crippen LogP contribution in [0.15, 0.2) is 71.5 Å². The third-order valence-electron chi connectivity index (χ3n) is 3.95. The molecule has 0 bridgehead atoms. The third kappa shape index (κ3) is 2.90. The van der Waals surface area contributed by atoms with Gasteiger partial charge in [0.05, 0.1) is 11.4 Å². The number of aryl methyl sites for hydroxylation is 1. The minimum absolute atomic E-state index is 0. The lowest BCUT2D eigenvalue weighted by molar-refractivity contribution is 0.766. The molecule has 0 fully saturated rings. The zero-order valence-electron chi connectivity index (χ0n) is 13.6. The van der Waals surface area contributed by atoms with Crippen LogP contribution < -0.4 is 11.3 Å². The van der Waals surface area contributed by atoms with Gasteiger partial charge in [0, 0.05) is 29.1 Å². The summed E-state index contributed by atoms with van der Waals surface area (Å²) in [6, 6.07) is 20.8. The van der Waals surface area contributed by atoms with E-state index in [2.05, 4.69) is 4.98 Å². The van der Waals surface area contributed by atoms with Gasteiger partial charge in [-0.15, -0.1) is 12.4 Å².